The number of para-hydroxylation sites is 4. The predicted octanol–water partition coefficient (Wildman–Crippen LogP) is 16.4. The van der Waals surface area contributed by atoms with Crippen molar-refractivity contribution in [1.29, 1.82) is 0 Å². The molecule has 0 aliphatic rings. The third-order valence-electron chi connectivity index (χ3n) is 13.3. The Labute approximate surface area is 419 Å². The number of rotatable bonds is 9. The van der Waals surface area contributed by atoms with E-state index < -0.39 is 60.4 Å². The Hall–Kier alpha value is -8.02. The van der Waals surface area contributed by atoms with Gasteiger partial charge in [-0.3, -0.25) is 13.7 Å². The molecule has 0 saturated heterocycles. The monoisotopic (exact) mass is 907 g/mol. The molecule has 5 heteroatoms. The van der Waals surface area contributed by atoms with Gasteiger partial charge in [-0.1, -0.05) is 200 Å². The number of nitrogens with zero attached hydrogens (tertiary/aromatic N) is 4. The van der Waals surface area contributed by atoms with Crippen molar-refractivity contribution >= 4 is 32.8 Å². The highest BCUT2D eigenvalue weighted by atomic mass is 16.5. The molecule has 338 valence electrons. The third-order valence-corrected chi connectivity index (χ3v) is 13.3. The van der Waals surface area contributed by atoms with Gasteiger partial charge in [0.05, 0.1) is 47.1 Å². The number of aromatic nitrogens is 4. The minimum Gasteiger partial charge on any atom is -0.458 e. The summed E-state index contributed by atoms with van der Waals surface area (Å²) in [5.74, 6) is 2.06. The molecule has 0 aliphatic carbocycles. The molecule has 0 N–H and O–H groups in total. The molecule has 3 heterocycles. The van der Waals surface area contributed by atoms with E-state index in [0.717, 1.165) is 38.8 Å². The van der Waals surface area contributed by atoms with Gasteiger partial charge in [-0.2, -0.15) is 0 Å². The van der Waals surface area contributed by atoms with Gasteiger partial charge in [0.25, 0.3) is 6.33 Å². The fourth-order valence-electron chi connectivity index (χ4n) is 9.25. The van der Waals surface area contributed by atoms with Crippen molar-refractivity contribution in [2.45, 2.75) is 59.8 Å². The van der Waals surface area contributed by atoms with Crippen LogP contribution in [-0.2, 0) is 5.41 Å². The number of benzene rings is 8. The minimum atomic E-state index is -0.567. The van der Waals surface area contributed by atoms with Crippen molar-refractivity contribution < 1.29 is 23.0 Å². The Bertz CT molecular complexity index is 4140. The molecule has 0 aliphatic heterocycles. The Kier molecular flexibility index (Phi) is 8.36. The first-order valence-corrected chi connectivity index (χ1v) is 23.2. The van der Waals surface area contributed by atoms with Gasteiger partial charge in [0, 0.05) is 28.6 Å². The number of fused-ring (bicyclic) bond motifs is 4. The number of imidazole rings is 1. The van der Waals surface area contributed by atoms with Crippen LogP contribution in [0.3, 0.4) is 0 Å². The molecule has 0 radical (unpaired) electrons. The van der Waals surface area contributed by atoms with Gasteiger partial charge in [-0.15, -0.1) is 0 Å². The molecule has 5 nitrogen and oxygen atoms in total. The van der Waals surface area contributed by atoms with E-state index >= 15 is 0 Å². The van der Waals surface area contributed by atoms with E-state index in [0.29, 0.717) is 28.2 Å². The van der Waals surface area contributed by atoms with Crippen molar-refractivity contribution in [3.63, 3.8) is 0 Å². The van der Waals surface area contributed by atoms with Gasteiger partial charge >= 0.3 is 0 Å². The molecule has 3 aromatic heterocycles. The topological polar surface area (TPSA) is 35.9 Å². The van der Waals surface area contributed by atoms with E-state index in [1.165, 1.54) is 11.1 Å². The Morgan fingerprint density at radius 2 is 1.20 bits per heavy atom. The lowest BCUT2D eigenvalue weighted by molar-refractivity contribution is -0.571. The summed E-state index contributed by atoms with van der Waals surface area (Å²) in [5.41, 5.74) is 8.67. The van der Waals surface area contributed by atoms with E-state index in [1.54, 1.807) is 27.3 Å². The fourth-order valence-corrected chi connectivity index (χ4v) is 9.25. The Morgan fingerprint density at radius 1 is 0.580 bits per heavy atom. The number of hydrogen-bond donors (Lipinski definition) is 0. The maximum atomic E-state index is 9.06. The second-order valence-corrected chi connectivity index (χ2v) is 19.6. The van der Waals surface area contributed by atoms with Crippen LogP contribution in [0.25, 0.3) is 83.4 Å². The lowest BCUT2D eigenvalue weighted by Crippen LogP contribution is -2.31. The van der Waals surface area contributed by atoms with Crippen LogP contribution in [-0.4, -0.2) is 14.1 Å². The second-order valence-electron chi connectivity index (χ2n) is 19.6. The van der Waals surface area contributed by atoms with Crippen LogP contribution in [0.5, 0.6) is 11.5 Å². The van der Waals surface area contributed by atoms with Crippen LogP contribution in [0, 0.1) is 11.7 Å². The van der Waals surface area contributed by atoms with Gasteiger partial charge < -0.3 is 4.74 Å². The minimum absolute atomic E-state index is 0.0257. The normalized spacial score (nSPS) is 14.5. The van der Waals surface area contributed by atoms with Crippen molar-refractivity contribution in [2.75, 3.05) is 0 Å². The number of pyridine rings is 1. The first-order valence-electron chi connectivity index (χ1n) is 28.2. The second kappa shape index (κ2) is 17.2. The van der Waals surface area contributed by atoms with Crippen LogP contribution in [0.1, 0.15) is 79.2 Å². The highest BCUT2D eigenvalue weighted by Gasteiger charge is 2.27. The lowest BCUT2D eigenvalue weighted by Gasteiger charge is -2.30. The zero-order valence-corrected chi connectivity index (χ0v) is 39.6. The average molecular weight is 907 g/mol. The molecular formula is C64H56N4O. The van der Waals surface area contributed by atoms with Crippen LogP contribution in [0.2, 0.25) is 0 Å². The number of ether oxygens (including phenoxy) is 1. The van der Waals surface area contributed by atoms with E-state index in [4.69, 9.17) is 23.4 Å². The largest absolute Gasteiger partial charge is 0.458 e. The standard InChI is InChI=1S/C64H56N4O/c1-43(63(2,3)4)55-40-61(65-41-56(55)46-32-34-47(35-33-46)64(5,6)7)68-57-29-15-14-26-53(57)54-37-36-50(39-60(54)68)69-49-25-18-24-48(38-49)66-42-67(59-31-17-16-30-58(59)66)62-51(44-20-10-8-11-21-44)27-19-28-52(62)45-22-12-9-13-23-45/h8-41,43H,1-7H3/i8D,9D,10D,11D,12D,13D,20D,21D,22D,23D. The van der Waals surface area contributed by atoms with Gasteiger partial charge in [-0.05, 0) is 98.2 Å². The summed E-state index contributed by atoms with van der Waals surface area (Å²) in [4.78, 5) is 5.21. The van der Waals surface area contributed by atoms with Gasteiger partial charge in [0.1, 0.15) is 17.3 Å². The zero-order valence-electron chi connectivity index (χ0n) is 49.6. The summed E-state index contributed by atoms with van der Waals surface area (Å²) in [7, 11) is 0. The average Bonchev–Trinajstić information content (AvgIpc) is 4.10. The quantitative estimate of drug-likeness (QED) is 0.107. The van der Waals surface area contributed by atoms with E-state index in [9.17, 15) is 0 Å². The van der Waals surface area contributed by atoms with E-state index in [-0.39, 0.29) is 44.7 Å². The highest BCUT2D eigenvalue weighted by molar-refractivity contribution is 6.09. The van der Waals surface area contributed by atoms with Crippen LogP contribution in [0.15, 0.2) is 206 Å². The highest BCUT2D eigenvalue weighted by Crippen LogP contribution is 2.43. The van der Waals surface area contributed by atoms with Crippen molar-refractivity contribution in [3.05, 3.63) is 224 Å². The molecule has 0 spiro atoms. The van der Waals surface area contributed by atoms with Crippen LogP contribution < -0.4 is 9.30 Å². The first kappa shape index (κ1) is 33.5. The van der Waals surface area contributed by atoms with Crippen molar-refractivity contribution in [3.8, 4) is 62.1 Å². The molecule has 0 bridgehead atoms. The summed E-state index contributed by atoms with van der Waals surface area (Å²) in [5, 5.41) is 2.11. The third kappa shape index (κ3) is 8.08. The van der Waals surface area contributed by atoms with Crippen LogP contribution >= 0.6 is 0 Å². The Morgan fingerprint density at radius 3 is 1.88 bits per heavy atom. The smallest absolute Gasteiger partial charge is 0.269 e. The molecule has 11 rings (SSSR count). The Balaban J connectivity index is 1.05. The molecule has 1 atom stereocenters. The zero-order chi connectivity index (χ0) is 56.1. The SMILES string of the molecule is [2H]c1c([2H])c([2H])c(-c2cccc(-c3c([2H])c([2H])c([2H])c([2H])c3[2H])c2-[n+]2[c-]n(-c3cccc(Oc4ccc5c6ccccc6n(-c6cc(C(C)C(C)(C)C)c(-c7ccc(C(C)(C)C)cc7)cn6)c5c4)c3)c3ccccc32)c([2H])c1[2H]. The van der Waals surface area contributed by atoms with Gasteiger partial charge in [-0.25, -0.2) is 4.98 Å². The van der Waals surface area contributed by atoms with Crippen molar-refractivity contribution in [2.24, 2.45) is 5.41 Å². The van der Waals surface area contributed by atoms with Gasteiger partial charge in [0.2, 0.25) is 0 Å². The van der Waals surface area contributed by atoms with Crippen molar-refractivity contribution in [1.82, 2.24) is 14.1 Å². The van der Waals surface area contributed by atoms with E-state index in [1.807, 2.05) is 79.0 Å². The molecule has 0 amide bonds. The lowest BCUT2D eigenvalue weighted by atomic mass is 9.75. The number of hydrogen-bond acceptors (Lipinski definition) is 2. The summed E-state index contributed by atoms with van der Waals surface area (Å²) in [6, 6.07) is 40.0. The fraction of sp³-hybridized carbons (Fsp3) is 0.156. The summed E-state index contributed by atoms with van der Waals surface area (Å²) >= 11 is 0. The molecule has 8 aromatic carbocycles. The summed E-state index contributed by atoms with van der Waals surface area (Å²) < 4.78 is 99.9. The molecule has 0 fully saturated rings. The predicted molar refractivity (Wildman–Crippen MR) is 285 cm³/mol. The molecular weight excluding hydrogens is 841 g/mol. The maximum absolute atomic E-state index is 9.06. The molecule has 1 unspecified atom stereocenters. The molecule has 11 aromatic rings. The van der Waals surface area contributed by atoms with Crippen LogP contribution in [0.4, 0.5) is 0 Å². The maximum Gasteiger partial charge on any atom is 0.269 e. The first-order chi connectivity index (χ1) is 37.5. The summed E-state index contributed by atoms with van der Waals surface area (Å²) in [6.07, 6.45) is 5.48. The van der Waals surface area contributed by atoms with E-state index in [2.05, 4.69) is 108 Å². The van der Waals surface area contributed by atoms with Gasteiger partial charge in [0.15, 0.2) is 0 Å². The summed E-state index contributed by atoms with van der Waals surface area (Å²) in [6.45, 7) is 15.8. The molecule has 0 saturated carbocycles. The molecule has 69 heavy (non-hydrogen) atoms.